The first-order valence-corrected chi connectivity index (χ1v) is 16.2. The van der Waals surface area contributed by atoms with Crippen LogP contribution in [0.5, 0.6) is 0 Å². The van der Waals surface area contributed by atoms with Gasteiger partial charge in [-0.25, -0.2) is 0 Å². The monoisotopic (exact) mass is 528 g/mol. The number of carbonyl (C=O) groups excluding carboxylic acids is 4. The first kappa shape index (κ1) is 23.2. The number of amides is 2. The van der Waals surface area contributed by atoms with Crippen molar-refractivity contribution in [3.8, 4) is 0 Å². The number of nitrogens with zero attached hydrogens (tertiary/aromatic N) is 2. The average molecular weight is 526 g/mol. The SMILES string of the molecule is COC(=O)[C@@H]1CCCN1C(=O)CC[Se][Se]CCC(=O)N1CCC[C@H]1C(=O)OC. The first-order chi connectivity index (χ1) is 13.5. The summed E-state index contributed by atoms with van der Waals surface area (Å²) < 4.78 is 9.55. The molecule has 0 aromatic heterocycles. The first-order valence-electron chi connectivity index (χ1n) is 9.48. The van der Waals surface area contributed by atoms with E-state index in [0.717, 1.165) is 23.5 Å². The van der Waals surface area contributed by atoms with Crippen LogP contribution in [0.1, 0.15) is 38.5 Å². The molecule has 8 nitrogen and oxygen atoms in total. The van der Waals surface area contributed by atoms with Crippen molar-refractivity contribution in [2.45, 2.75) is 61.2 Å². The van der Waals surface area contributed by atoms with Crippen LogP contribution in [0.3, 0.4) is 0 Å². The Morgan fingerprint density at radius 1 is 0.786 bits per heavy atom. The van der Waals surface area contributed by atoms with Gasteiger partial charge in [0.1, 0.15) is 0 Å². The quantitative estimate of drug-likeness (QED) is 0.243. The van der Waals surface area contributed by atoms with Crippen molar-refractivity contribution in [3.05, 3.63) is 0 Å². The number of hydrogen-bond acceptors (Lipinski definition) is 6. The maximum absolute atomic E-state index is 12.3. The van der Waals surface area contributed by atoms with Gasteiger partial charge in [-0.1, -0.05) is 0 Å². The summed E-state index contributed by atoms with van der Waals surface area (Å²) in [7, 11) is 2.71. The summed E-state index contributed by atoms with van der Waals surface area (Å²) in [6.45, 7) is 1.25. The van der Waals surface area contributed by atoms with E-state index in [4.69, 9.17) is 9.47 Å². The molecule has 2 rings (SSSR count). The van der Waals surface area contributed by atoms with Crippen LogP contribution in [0, 0.1) is 0 Å². The fourth-order valence-corrected chi connectivity index (χ4v) is 9.52. The standard InChI is InChI=1S/C18H28N2O6Se2/c1-25-17(23)13-5-3-9-19(13)15(21)7-11-27-28-12-8-16(22)20-10-4-6-14(20)18(24)26-2/h13-14H,3-12H2,1-2H3/t13-,14-/m0/s1. The van der Waals surface area contributed by atoms with Gasteiger partial charge in [-0.3, -0.25) is 0 Å². The Balaban J connectivity index is 1.61. The minimum atomic E-state index is -0.420. The Kier molecular flexibility index (Phi) is 9.78. The van der Waals surface area contributed by atoms with Gasteiger partial charge in [-0.2, -0.15) is 0 Å². The van der Waals surface area contributed by atoms with Gasteiger partial charge in [-0.15, -0.1) is 0 Å². The third kappa shape index (κ3) is 6.21. The Labute approximate surface area is 176 Å². The minimum absolute atomic E-state index is 0.0274. The van der Waals surface area contributed by atoms with E-state index < -0.39 is 12.1 Å². The van der Waals surface area contributed by atoms with Gasteiger partial charge >= 0.3 is 177 Å². The van der Waals surface area contributed by atoms with Gasteiger partial charge in [-0.05, 0) is 0 Å². The second kappa shape index (κ2) is 11.8. The van der Waals surface area contributed by atoms with Crippen LogP contribution in [0.25, 0.3) is 0 Å². The van der Waals surface area contributed by atoms with Gasteiger partial charge in [0, 0.05) is 0 Å². The molecule has 0 spiro atoms. The molecule has 0 aromatic carbocycles. The number of rotatable bonds is 9. The topological polar surface area (TPSA) is 93.2 Å². The second-order valence-corrected chi connectivity index (χ2v) is 14.5. The molecule has 0 aromatic rings. The number of carbonyl (C=O) groups is 4. The molecule has 0 unspecified atom stereocenters. The van der Waals surface area contributed by atoms with Crippen LogP contribution in [0.2, 0.25) is 10.6 Å². The van der Waals surface area contributed by atoms with E-state index in [1.165, 1.54) is 14.2 Å². The third-order valence-corrected chi connectivity index (χ3v) is 12.3. The molecule has 10 heteroatoms. The van der Waals surface area contributed by atoms with Crippen molar-refractivity contribution >= 4 is 50.0 Å². The normalized spacial score (nSPS) is 21.6. The molecule has 2 fully saturated rings. The van der Waals surface area contributed by atoms with Crippen LogP contribution in [0.15, 0.2) is 0 Å². The summed E-state index contributed by atoms with van der Waals surface area (Å²) in [6.07, 6.45) is 3.95. The zero-order chi connectivity index (χ0) is 20.5. The van der Waals surface area contributed by atoms with E-state index in [1.54, 1.807) is 9.80 Å². The molecule has 0 radical (unpaired) electrons. The van der Waals surface area contributed by atoms with Crippen LogP contribution < -0.4 is 0 Å². The van der Waals surface area contributed by atoms with E-state index in [2.05, 4.69) is 0 Å². The van der Waals surface area contributed by atoms with Crippen LogP contribution >= 0.6 is 0 Å². The number of likely N-dealkylation sites (tertiary alicyclic amines) is 2. The Morgan fingerprint density at radius 3 is 1.54 bits per heavy atom. The Morgan fingerprint density at radius 2 is 1.18 bits per heavy atom. The van der Waals surface area contributed by atoms with Crippen molar-refractivity contribution < 1.29 is 28.7 Å². The van der Waals surface area contributed by atoms with Crippen molar-refractivity contribution in [1.29, 1.82) is 0 Å². The van der Waals surface area contributed by atoms with Crippen LogP contribution in [-0.4, -0.2) is 99.2 Å². The van der Waals surface area contributed by atoms with E-state index in [1.807, 2.05) is 0 Å². The average Bonchev–Trinajstić information content (AvgIpc) is 3.38. The van der Waals surface area contributed by atoms with Gasteiger partial charge in [0.25, 0.3) is 0 Å². The molecule has 28 heavy (non-hydrogen) atoms. The molecule has 0 bridgehead atoms. The molecular weight excluding hydrogens is 498 g/mol. The van der Waals surface area contributed by atoms with Crippen molar-refractivity contribution in [2.75, 3.05) is 27.3 Å². The molecule has 2 aliphatic heterocycles. The van der Waals surface area contributed by atoms with Gasteiger partial charge in [0.15, 0.2) is 0 Å². The zero-order valence-electron chi connectivity index (χ0n) is 16.4. The fourth-order valence-electron chi connectivity index (χ4n) is 3.56. The van der Waals surface area contributed by atoms with Crippen molar-refractivity contribution in [2.24, 2.45) is 0 Å². The van der Waals surface area contributed by atoms with Gasteiger partial charge < -0.3 is 0 Å². The zero-order valence-corrected chi connectivity index (χ0v) is 19.8. The Hall–Kier alpha value is -1.08. The van der Waals surface area contributed by atoms with Crippen LogP contribution in [-0.2, 0) is 28.7 Å². The fraction of sp³-hybridized carbons (Fsp3) is 0.778. The van der Waals surface area contributed by atoms with Gasteiger partial charge in [0.05, 0.1) is 0 Å². The van der Waals surface area contributed by atoms with E-state index in [9.17, 15) is 19.2 Å². The molecule has 2 saturated heterocycles. The van der Waals surface area contributed by atoms with E-state index >= 15 is 0 Å². The van der Waals surface area contributed by atoms with Crippen molar-refractivity contribution in [1.82, 2.24) is 9.80 Å². The predicted molar refractivity (Wildman–Crippen MR) is 104 cm³/mol. The molecule has 2 aliphatic rings. The Bertz CT molecular complexity index is 538. The maximum atomic E-state index is 12.3. The third-order valence-electron chi connectivity index (χ3n) is 4.97. The van der Waals surface area contributed by atoms with E-state index in [-0.39, 0.29) is 23.8 Å². The molecule has 2 amide bonds. The number of hydrogen-bond donors (Lipinski definition) is 0. The molecule has 2 atom stereocenters. The number of ether oxygens (including phenoxy) is 2. The summed E-state index contributed by atoms with van der Waals surface area (Å²) in [5.41, 5.74) is 0. The van der Waals surface area contributed by atoms with Crippen LogP contribution in [0.4, 0.5) is 0 Å². The predicted octanol–water partition coefficient (Wildman–Crippen LogP) is 0.255. The van der Waals surface area contributed by atoms with Gasteiger partial charge in [0.2, 0.25) is 0 Å². The molecule has 0 saturated carbocycles. The van der Waals surface area contributed by atoms with E-state index in [0.29, 0.717) is 65.0 Å². The summed E-state index contributed by atoms with van der Waals surface area (Å²) in [4.78, 5) is 51.5. The molecule has 158 valence electrons. The number of methoxy groups -OCH3 is 2. The second-order valence-electron chi connectivity index (χ2n) is 6.68. The summed E-state index contributed by atoms with van der Waals surface area (Å²) in [5.74, 6) is -0.600. The molecule has 0 N–H and O–H groups in total. The summed E-state index contributed by atoms with van der Waals surface area (Å²) in [6, 6.07) is -0.840. The summed E-state index contributed by atoms with van der Waals surface area (Å²) in [5, 5.41) is 1.66. The molecular formula is C18H28N2O6Se2. The molecule has 0 aliphatic carbocycles. The number of esters is 2. The molecule has 2 heterocycles. The summed E-state index contributed by atoms with van der Waals surface area (Å²) >= 11 is 0.687. The van der Waals surface area contributed by atoms with Crippen molar-refractivity contribution in [3.63, 3.8) is 0 Å².